The van der Waals surface area contributed by atoms with Crippen LogP contribution in [0.2, 0.25) is 0 Å². The number of hydrogen-bond donors (Lipinski definition) is 1. The standard InChI is InChI=1S/C37H25N4.C5H8O2.Ir/c1-39-31-17-24-10-3-5-12-26(24)19-33(31)41-34-20-27-13-6-4-11-25(27)18-32(34)40(2)36-22-28(21-35(39)37(36)41)30-16-15-23-9-7-8-14-29(23)38-30;1-4(6)3-5(2)7;/h3-21H,1-2H3;3,6H,1-2H3;/q-1;;/b;4-3-;. The largest absolute Gasteiger partial charge is 0.512 e. The van der Waals surface area contributed by atoms with Gasteiger partial charge < -0.3 is 19.8 Å². The van der Waals surface area contributed by atoms with Crippen LogP contribution in [0.25, 0.3) is 43.7 Å². The number of allylic oxidation sites excluding steroid dienone is 2. The first-order valence-corrected chi connectivity index (χ1v) is 15.9. The van der Waals surface area contributed by atoms with Crippen LogP contribution in [0.5, 0.6) is 0 Å². The maximum Gasteiger partial charge on any atom is 0.155 e. The van der Waals surface area contributed by atoms with Crippen molar-refractivity contribution < 1.29 is 30.0 Å². The molecule has 1 N–H and O–H groups in total. The number of pyridine rings is 1. The summed E-state index contributed by atoms with van der Waals surface area (Å²) < 4.78 is 0. The third-order valence-electron chi connectivity index (χ3n) is 9.10. The Bertz CT molecular complexity index is 2350. The van der Waals surface area contributed by atoms with E-state index >= 15 is 0 Å². The summed E-state index contributed by atoms with van der Waals surface area (Å²) >= 11 is 0. The second kappa shape index (κ2) is 12.5. The number of hydrogen-bond acceptors (Lipinski definition) is 6. The van der Waals surface area contributed by atoms with Gasteiger partial charge in [0.05, 0.1) is 34.0 Å². The van der Waals surface area contributed by atoms with Crippen LogP contribution >= 0.6 is 0 Å². The van der Waals surface area contributed by atoms with Crippen LogP contribution < -0.4 is 14.7 Å². The summed E-state index contributed by atoms with van der Waals surface area (Å²) in [7, 11) is 4.33. The van der Waals surface area contributed by atoms with E-state index in [1.54, 1.807) is 0 Å². The van der Waals surface area contributed by atoms with Gasteiger partial charge in [0.25, 0.3) is 0 Å². The van der Waals surface area contributed by atoms with Crippen LogP contribution in [0.3, 0.4) is 0 Å². The Morgan fingerprint density at radius 1 is 0.653 bits per heavy atom. The van der Waals surface area contributed by atoms with E-state index in [1.165, 1.54) is 58.5 Å². The average molecular weight is 818 g/mol. The molecule has 0 fully saturated rings. The van der Waals surface area contributed by atoms with Gasteiger partial charge >= 0.3 is 0 Å². The topological polar surface area (TPSA) is 59.9 Å². The Balaban J connectivity index is 0.000000431. The third kappa shape index (κ3) is 5.51. The maximum absolute atomic E-state index is 10.0. The van der Waals surface area contributed by atoms with Crippen molar-refractivity contribution in [2.75, 3.05) is 28.8 Å². The van der Waals surface area contributed by atoms with Gasteiger partial charge in [-0.05, 0) is 88.2 Å². The first-order valence-electron chi connectivity index (χ1n) is 15.9. The molecular weight excluding hydrogens is 785 g/mol. The monoisotopic (exact) mass is 818 g/mol. The van der Waals surface area contributed by atoms with E-state index in [2.05, 4.69) is 144 Å². The molecular formula is C42H33IrN4O2-. The molecule has 49 heavy (non-hydrogen) atoms. The first-order chi connectivity index (χ1) is 23.3. The zero-order valence-corrected chi connectivity index (χ0v) is 29.9. The average Bonchev–Trinajstić information content (AvgIpc) is 3.09. The van der Waals surface area contributed by atoms with Crippen LogP contribution in [-0.2, 0) is 24.9 Å². The van der Waals surface area contributed by atoms with E-state index < -0.39 is 0 Å². The Morgan fingerprint density at radius 2 is 1.16 bits per heavy atom. The molecule has 0 atom stereocenters. The van der Waals surface area contributed by atoms with E-state index in [9.17, 15) is 4.79 Å². The Hall–Kier alpha value is -5.49. The molecule has 7 heteroatoms. The number of ketones is 1. The normalized spacial score (nSPS) is 12.9. The van der Waals surface area contributed by atoms with Crippen molar-refractivity contribution in [1.82, 2.24) is 4.98 Å². The summed E-state index contributed by atoms with van der Waals surface area (Å²) in [6.07, 6.45) is 1.17. The molecule has 2 aliphatic rings. The minimum Gasteiger partial charge on any atom is -0.512 e. The fraction of sp³-hybridized carbons (Fsp3) is 0.0952. The summed E-state index contributed by atoms with van der Waals surface area (Å²) in [5.74, 6) is -0.0625. The molecule has 243 valence electrons. The van der Waals surface area contributed by atoms with Crippen LogP contribution in [0.1, 0.15) is 13.8 Å². The molecule has 0 aliphatic carbocycles. The second-order valence-corrected chi connectivity index (χ2v) is 12.4. The number of carbonyl (C=O) groups excluding carboxylic acids is 1. The second-order valence-electron chi connectivity index (χ2n) is 12.4. The van der Waals surface area contributed by atoms with Gasteiger partial charge in [-0.3, -0.25) is 9.78 Å². The van der Waals surface area contributed by atoms with E-state index in [0.717, 1.165) is 44.9 Å². The van der Waals surface area contributed by atoms with Gasteiger partial charge in [-0.25, -0.2) is 0 Å². The fourth-order valence-electron chi connectivity index (χ4n) is 6.87. The van der Waals surface area contributed by atoms with E-state index in [0.29, 0.717) is 0 Å². The van der Waals surface area contributed by atoms with Gasteiger partial charge in [-0.15, -0.1) is 17.7 Å². The SMILES string of the molecule is CC(=O)/C=C(/C)O.CN1c2[c-]c(-c3ccc4ccccc4n3)cc3c2N(c2cc4ccccc4cc21)c1cc2ccccc2cc1N3C.[Ir]. The summed E-state index contributed by atoms with van der Waals surface area (Å²) in [6, 6.07) is 45.1. The fourth-order valence-corrected chi connectivity index (χ4v) is 6.87. The Morgan fingerprint density at radius 3 is 1.69 bits per heavy atom. The molecule has 0 saturated carbocycles. The molecule has 0 bridgehead atoms. The van der Waals surface area contributed by atoms with Crippen LogP contribution in [0.15, 0.2) is 127 Å². The zero-order chi connectivity index (χ0) is 33.1. The van der Waals surface area contributed by atoms with Crippen LogP contribution in [-0.4, -0.2) is 30.0 Å². The number of rotatable bonds is 2. The number of para-hydroxylation sites is 1. The van der Waals surface area contributed by atoms with Gasteiger partial charge in [0, 0.05) is 46.0 Å². The number of fused-ring (bicyclic) bond motifs is 7. The van der Waals surface area contributed by atoms with Crippen molar-refractivity contribution in [3.63, 3.8) is 0 Å². The molecule has 0 saturated heterocycles. The summed E-state index contributed by atoms with van der Waals surface area (Å²) in [4.78, 5) is 22.1. The van der Waals surface area contributed by atoms with Gasteiger partial charge in [0.2, 0.25) is 0 Å². The number of nitrogens with zero attached hydrogens (tertiary/aromatic N) is 4. The van der Waals surface area contributed by atoms with Crippen molar-refractivity contribution in [3.8, 4) is 11.3 Å². The molecule has 0 amide bonds. The Labute approximate surface area is 298 Å². The summed E-state index contributed by atoms with van der Waals surface area (Å²) in [5.41, 5.74) is 10.9. The molecule has 1 aromatic heterocycles. The van der Waals surface area contributed by atoms with Crippen LogP contribution in [0, 0.1) is 6.07 Å². The van der Waals surface area contributed by atoms with Crippen molar-refractivity contribution >= 4 is 78.0 Å². The molecule has 9 rings (SSSR count). The minimum absolute atomic E-state index is 0. The molecule has 1 radical (unpaired) electrons. The summed E-state index contributed by atoms with van der Waals surface area (Å²) in [6.45, 7) is 2.85. The number of aliphatic hydroxyl groups excluding tert-OH is 1. The van der Waals surface area contributed by atoms with Gasteiger partial charge in [-0.1, -0.05) is 78.9 Å². The van der Waals surface area contributed by atoms with Gasteiger partial charge in [-0.2, -0.15) is 0 Å². The molecule has 2 aliphatic heterocycles. The summed E-state index contributed by atoms with van der Waals surface area (Å²) in [5, 5.41) is 14.4. The number of anilines is 7. The molecule has 0 spiro atoms. The molecule has 6 nitrogen and oxygen atoms in total. The van der Waals surface area contributed by atoms with Crippen molar-refractivity contribution in [2.24, 2.45) is 0 Å². The quantitative estimate of drug-likeness (QED) is 0.107. The number of carbonyl (C=O) groups is 1. The Kier molecular flexibility index (Phi) is 8.19. The number of aromatic nitrogens is 1. The predicted octanol–water partition coefficient (Wildman–Crippen LogP) is 10.7. The van der Waals surface area contributed by atoms with Crippen molar-refractivity contribution in [2.45, 2.75) is 13.8 Å². The van der Waals surface area contributed by atoms with Crippen molar-refractivity contribution in [3.05, 3.63) is 133 Å². The third-order valence-corrected chi connectivity index (χ3v) is 9.10. The molecule has 6 aromatic carbocycles. The minimum atomic E-state index is -0.125. The predicted molar refractivity (Wildman–Crippen MR) is 199 cm³/mol. The molecule has 7 aromatic rings. The smallest absolute Gasteiger partial charge is 0.155 e. The van der Waals surface area contributed by atoms with E-state index in [1.807, 2.05) is 6.07 Å². The molecule has 3 heterocycles. The van der Waals surface area contributed by atoms with E-state index in [4.69, 9.17) is 10.1 Å². The van der Waals surface area contributed by atoms with Gasteiger partial charge in [0.15, 0.2) is 5.78 Å². The zero-order valence-electron chi connectivity index (χ0n) is 27.5. The van der Waals surface area contributed by atoms with Crippen molar-refractivity contribution in [1.29, 1.82) is 0 Å². The van der Waals surface area contributed by atoms with E-state index in [-0.39, 0.29) is 31.6 Å². The first kappa shape index (κ1) is 32.1. The number of benzene rings is 6. The van der Waals surface area contributed by atoms with Gasteiger partial charge in [0.1, 0.15) is 0 Å². The molecule has 0 unspecified atom stereocenters. The maximum atomic E-state index is 10.0. The van der Waals surface area contributed by atoms with Crippen LogP contribution in [0.4, 0.5) is 39.8 Å². The number of aliphatic hydroxyl groups is 1.